The van der Waals surface area contributed by atoms with Crippen LogP contribution in [-0.2, 0) is 5.41 Å². The summed E-state index contributed by atoms with van der Waals surface area (Å²) in [6.07, 6.45) is 8.10. The SMILES string of the molecule is CC(=O)c1csc(C23CC4CC(C)(CC(C)(C4)C2)C3)n1. The molecule has 4 saturated carbocycles. The summed E-state index contributed by atoms with van der Waals surface area (Å²) < 4.78 is 0. The Labute approximate surface area is 125 Å². The van der Waals surface area contributed by atoms with Crippen molar-refractivity contribution in [2.75, 3.05) is 0 Å². The van der Waals surface area contributed by atoms with Gasteiger partial charge in [0.2, 0.25) is 0 Å². The molecule has 0 radical (unpaired) electrons. The second-order valence-electron chi connectivity index (χ2n) is 8.50. The van der Waals surface area contributed by atoms with Gasteiger partial charge in [-0.1, -0.05) is 13.8 Å². The van der Waals surface area contributed by atoms with Gasteiger partial charge in [-0.25, -0.2) is 4.98 Å². The van der Waals surface area contributed by atoms with Crippen LogP contribution in [0.1, 0.15) is 74.8 Å². The lowest BCUT2D eigenvalue weighted by molar-refractivity contribution is -0.110. The van der Waals surface area contributed by atoms with Crippen molar-refractivity contribution in [1.29, 1.82) is 0 Å². The molecule has 20 heavy (non-hydrogen) atoms. The zero-order chi connectivity index (χ0) is 14.2. The maximum Gasteiger partial charge on any atom is 0.178 e. The lowest BCUT2D eigenvalue weighted by Gasteiger charge is -2.64. The fourth-order valence-electron chi connectivity index (χ4n) is 6.37. The van der Waals surface area contributed by atoms with Gasteiger partial charge in [0.15, 0.2) is 5.78 Å². The molecule has 0 spiro atoms. The molecule has 0 amide bonds. The van der Waals surface area contributed by atoms with Gasteiger partial charge in [0.25, 0.3) is 0 Å². The van der Waals surface area contributed by atoms with Gasteiger partial charge < -0.3 is 0 Å². The standard InChI is InChI=1S/C17H23NOS/c1-11(19)13-7-20-14(18-13)17-6-12-4-15(2,9-17)8-16(3,5-12)10-17/h7,12H,4-6,8-10H2,1-3H3. The van der Waals surface area contributed by atoms with Crippen molar-refractivity contribution >= 4 is 17.1 Å². The van der Waals surface area contributed by atoms with Crippen LogP contribution >= 0.6 is 11.3 Å². The summed E-state index contributed by atoms with van der Waals surface area (Å²) in [6, 6.07) is 0. The number of Topliss-reactive ketones (excluding diaryl/α,β-unsaturated/α-hetero) is 1. The molecule has 108 valence electrons. The first-order valence-corrected chi connectivity index (χ1v) is 8.67. The van der Waals surface area contributed by atoms with E-state index in [0.717, 1.165) is 5.92 Å². The molecule has 2 nitrogen and oxygen atoms in total. The van der Waals surface area contributed by atoms with Gasteiger partial charge in [0.1, 0.15) is 5.69 Å². The number of carbonyl (C=O) groups excluding carboxylic acids is 1. The lowest BCUT2D eigenvalue weighted by Crippen LogP contribution is -2.56. The van der Waals surface area contributed by atoms with Gasteiger partial charge in [0.05, 0.1) is 5.01 Å². The molecule has 1 aromatic rings. The van der Waals surface area contributed by atoms with E-state index in [-0.39, 0.29) is 11.2 Å². The highest BCUT2D eigenvalue weighted by Crippen LogP contribution is 2.69. The van der Waals surface area contributed by atoms with E-state index in [2.05, 4.69) is 13.8 Å². The lowest BCUT2D eigenvalue weighted by atomic mass is 9.40. The number of thiazole rings is 1. The monoisotopic (exact) mass is 289 g/mol. The zero-order valence-corrected chi connectivity index (χ0v) is 13.5. The van der Waals surface area contributed by atoms with E-state index in [1.165, 1.54) is 43.5 Å². The average molecular weight is 289 g/mol. The maximum absolute atomic E-state index is 11.6. The molecule has 2 atom stereocenters. The summed E-state index contributed by atoms with van der Waals surface area (Å²) in [5.74, 6) is 0.987. The fourth-order valence-corrected chi connectivity index (χ4v) is 7.44. The summed E-state index contributed by atoms with van der Waals surface area (Å²) >= 11 is 1.73. The van der Waals surface area contributed by atoms with Crippen molar-refractivity contribution in [2.24, 2.45) is 16.7 Å². The molecule has 4 aliphatic carbocycles. The van der Waals surface area contributed by atoms with Crippen molar-refractivity contribution in [2.45, 2.75) is 64.7 Å². The summed E-state index contributed by atoms with van der Waals surface area (Å²) in [5.41, 5.74) is 1.98. The smallest absolute Gasteiger partial charge is 0.178 e. The second-order valence-corrected chi connectivity index (χ2v) is 9.36. The minimum absolute atomic E-state index is 0.106. The van der Waals surface area contributed by atoms with Crippen LogP contribution in [0.5, 0.6) is 0 Å². The molecule has 0 aliphatic heterocycles. The molecule has 4 aliphatic rings. The Kier molecular flexibility index (Phi) is 2.43. The molecule has 1 heterocycles. The topological polar surface area (TPSA) is 30.0 Å². The van der Waals surface area contributed by atoms with Crippen molar-refractivity contribution in [3.05, 3.63) is 16.1 Å². The first-order valence-electron chi connectivity index (χ1n) is 7.79. The van der Waals surface area contributed by atoms with Gasteiger partial charge in [-0.15, -0.1) is 11.3 Å². The Morgan fingerprint density at radius 3 is 2.35 bits per heavy atom. The van der Waals surface area contributed by atoms with Crippen LogP contribution in [0.15, 0.2) is 5.38 Å². The number of hydrogen-bond donors (Lipinski definition) is 0. The van der Waals surface area contributed by atoms with Gasteiger partial charge in [-0.3, -0.25) is 4.79 Å². The quantitative estimate of drug-likeness (QED) is 0.745. The molecule has 1 aromatic heterocycles. The average Bonchev–Trinajstić information content (AvgIpc) is 2.72. The van der Waals surface area contributed by atoms with Crippen molar-refractivity contribution in [1.82, 2.24) is 4.98 Å². The number of hydrogen-bond acceptors (Lipinski definition) is 3. The molecule has 0 aromatic carbocycles. The highest BCUT2D eigenvalue weighted by molar-refractivity contribution is 7.10. The Hall–Kier alpha value is -0.700. The van der Waals surface area contributed by atoms with Crippen LogP contribution < -0.4 is 0 Å². The molecule has 4 fully saturated rings. The van der Waals surface area contributed by atoms with Crippen LogP contribution in [0.3, 0.4) is 0 Å². The van der Waals surface area contributed by atoms with Gasteiger partial charge in [0, 0.05) is 17.7 Å². The van der Waals surface area contributed by atoms with Crippen molar-refractivity contribution in [3.8, 4) is 0 Å². The number of nitrogens with zero attached hydrogens (tertiary/aromatic N) is 1. The van der Waals surface area contributed by atoms with E-state index in [1.807, 2.05) is 5.38 Å². The number of carbonyl (C=O) groups is 1. The van der Waals surface area contributed by atoms with E-state index >= 15 is 0 Å². The van der Waals surface area contributed by atoms with Crippen LogP contribution in [0.2, 0.25) is 0 Å². The zero-order valence-electron chi connectivity index (χ0n) is 12.7. The molecule has 5 rings (SSSR count). The summed E-state index contributed by atoms with van der Waals surface area (Å²) in [5, 5.41) is 3.23. The van der Waals surface area contributed by atoms with Crippen molar-refractivity contribution < 1.29 is 4.79 Å². The third kappa shape index (κ3) is 1.75. The number of ketones is 1. The highest BCUT2D eigenvalue weighted by atomic mass is 32.1. The summed E-state index contributed by atoms with van der Waals surface area (Å²) in [6.45, 7) is 6.61. The van der Waals surface area contributed by atoms with Gasteiger partial charge in [-0.2, -0.15) is 0 Å². The van der Waals surface area contributed by atoms with E-state index in [4.69, 9.17) is 4.98 Å². The largest absolute Gasteiger partial charge is 0.293 e. The molecule has 4 bridgehead atoms. The number of rotatable bonds is 2. The van der Waals surface area contributed by atoms with Gasteiger partial charge >= 0.3 is 0 Å². The molecule has 3 heteroatoms. The van der Waals surface area contributed by atoms with E-state index in [9.17, 15) is 4.79 Å². The minimum atomic E-state index is 0.106. The Balaban J connectivity index is 1.78. The molecular formula is C17H23NOS. The van der Waals surface area contributed by atoms with E-state index < -0.39 is 0 Å². The van der Waals surface area contributed by atoms with Crippen LogP contribution in [0.25, 0.3) is 0 Å². The second kappa shape index (κ2) is 3.73. The molecular weight excluding hydrogens is 266 g/mol. The summed E-state index contributed by atoms with van der Waals surface area (Å²) in [7, 11) is 0. The molecule has 0 N–H and O–H groups in total. The predicted octanol–water partition coefficient (Wildman–Crippen LogP) is 4.59. The third-order valence-corrected chi connectivity index (χ3v) is 7.03. The molecule has 2 unspecified atom stereocenters. The summed E-state index contributed by atoms with van der Waals surface area (Å²) in [4.78, 5) is 16.3. The third-order valence-electron chi connectivity index (χ3n) is 5.94. The Bertz CT molecular complexity index is 572. The normalized spacial score (nSPS) is 45.9. The first-order chi connectivity index (χ1) is 9.32. The van der Waals surface area contributed by atoms with E-state index in [1.54, 1.807) is 18.3 Å². The van der Waals surface area contributed by atoms with Gasteiger partial charge in [-0.05, 0) is 55.3 Å². The minimum Gasteiger partial charge on any atom is -0.293 e. The number of aromatic nitrogens is 1. The maximum atomic E-state index is 11.6. The first kappa shape index (κ1) is 13.0. The highest BCUT2D eigenvalue weighted by Gasteiger charge is 2.61. The van der Waals surface area contributed by atoms with Crippen LogP contribution in [0, 0.1) is 16.7 Å². The predicted molar refractivity (Wildman–Crippen MR) is 81.2 cm³/mol. The Morgan fingerprint density at radius 1 is 1.20 bits per heavy atom. The van der Waals surface area contributed by atoms with Crippen LogP contribution in [-0.4, -0.2) is 10.8 Å². The fraction of sp³-hybridized carbons (Fsp3) is 0.765. The van der Waals surface area contributed by atoms with E-state index in [0.29, 0.717) is 16.5 Å². The Morgan fingerprint density at radius 2 is 1.85 bits per heavy atom. The van der Waals surface area contributed by atoms with Crippen molar-refractivity contribution in [3.63, 3.8) is 0 Å². The molecule has 0 saturated heterocycles. The van der Waals surface area contributed by atoms with Crippen LogP contribution in [0.4, 0.5) is 0 Å².